The minimum absolute atomic E-state index is 0.150. The Labute approximate surface area is 110 Å². The molecule has 0 aliphatic carbocycles. The van der Waals surface area contributed by atoms with Crippen LogP contribution >= 0.6 is 0 Å². The molecule has 1 rings (SSSR count). The van der Waals surface area contributed by atoms with E-state index < -0.39 is 0 Å². The smallest absolute Gasteiger partial charge is 0.150 e. The average Bonchev–Trinajstić information content (AvgIpc) is 2.29. The van der Waals surface area contributed by atoms with E-state index in [2.05, 4.69) is 44.1 Å². The van der Waals surface area contributed by atoms with Gasteiger partial charge >= 0.3 is 0 Å². The molecule has 0 fully saturated rings. The SMILES string of the molecule is C#CCNCC(=O)Cc1ccc(C(C)(C)C)cc1. The summed E-state index contributed by atoms with van der Waals surface area (Å²) in [6.07, 6.45) is 5.56. The summed E-state index contributed by atoms with van der Waals surface area (Å²) in [6.45, 7) is 7.31. The lowest BCUT2D eigenvalue weighted by Crippen LogP contribution is -2.24. The second-order valence-electron chi connectivity index (χ2n) is 5.47. The van der Waals surface area contributed by atoms with Gasteiger partial charge in [0.15, 0.2) is 5.78 Å². The molecule has 1 aromatic carbocycles. The third-order valence-electron chi connectivity index (χ3n) is 2.77. The van der Waals surface area contributed by atoms with Crippen LogP contribution in [0.5, 0.6) is 0 Å². The topological polar surface area (TPSA) is 29.1 Å². The number of hydrogen-bond acceptors (Lipinski definition) is 2. The van der Waals surface area contributed by atoms with Crippen LogP contribution in [0.15, 0.2) is 24.3 Å². The molecule has 18 heavy (non-hydrogen) atoms. The molecule has 96 valence electrons. The summed E-state index contributed by atoms with van der Waals surface area (Å²) in [4.78, 5) is 11.6. The normalized spacial score (nSPS) is 11.0. The highest BCUT2D eigenvalue weighted by Crippen LogP contribution is 2.22. The Kier molecular flexibility index (Phi) is 5.12. The van der Waals surface area contributed by atoms with E-state index in [0.717, 1.165) is 5.56 Å². The molecule has 0 saturated heterocycles. The molecular weight excluding hydrogens is 222 g/mol. The minimum atomic E-state index is 0.150. The maximum absolute atomic E-state index is 11.6. The molecule has 0 amide bonds. The van der Waals surface area contributed by atoms with E-state index >= 15 is 0 Å². The van der Waals surface area contributed by atoms with Crippen molar-refractivity contribution in [1.82, 2.24) is 5.32 Å². The van der Waals surface area contributed by atoms with E-state index in [1.165, 1.54) is 5.56 Å². The van der Waals surface area contributed by atoms with Gasteiger partial charge in [0.2, 0.25) is 0 Å². The van der Waals surface area contributed by atoms with Crippen molar-refractivity contribution in [2.24, 2.45) is 0 Å². The van der Waals surface area contributed by atoms with Crippen LogP contribution in [0.25, 0.3) is 0 Å². The highest BCUT2D eigenvalue weighted by molar-refractivity contribution is 5.82. The highest BCUT2D eigenvalue weighted by atomic mass is 16.1. The van der Waals surface area contributed by atoms with Gasteiger partial charge in [0.25, 0.3) is 0 Å². The Hall–Kier alpha value is -1.59. The molecule has 0 radical (unpaired) electrons. The monoisotopic (exact) mass is 243 g/mol. The van der Waals surface area contributed by atoms with Crippen molar-refractivity contribution in [2.75, 3.05) is 13.1 Å². The first-order valence-corrected chi connectivity index (χ1v) is 6.19. The summed E-state index contributed by atoms with van der Waals surface area (Å²) in [5.74, 6) is 2.61. The molecule has 2 heteroatoms. The van der Waals surface area contributed by atoms with Crippen LogP contribution in [0, 0.1) is 12.3 Å². The predicted octanol–water partition coefficient (Wildman–Crippen LogP) is 2.32. The van der Waals surface area contributed by atoms with Crippen molar-refractivity contribution >= 4 is 5.78 Å². The van der Waals surface area contributed by atoms with E-state index in [1.807, 2.05) is 12.1 Å². The number of terminal acetylenes is 1. The van der Waals surface area contributed by atoms with Gasteiger partial charge in [-0.2, -0.15) is 0 Å². The van der Waals surface area contributed by atoms with Crippen LogP contribution in [0.1, 0.15) is 31.9 Å². The van der Waals surface area contributed by atoms with Crippen molar-refractivity contribution in [3.63, 3.8) is 0 Å². The summed E-state index contributed by atoms with van der Waals surface area (Å²) in [7, 11) is 0. The molecule has 0 aromatic heterocycles. The van der Waals surface area contributed by atoms with E-state index in [9.17, 15) is 4.79 Å². The number of carbonyl (C=O) groups is 1. The number of benzene rings is 1. The predicted molar refractivity (Wildman–Crippen MR) is 75.6 cm³/mol. The fourth-order valence-corrected chi connectivity index (χ4v) is 1.69. The van der Waals surface area contributed by atoms with Crippen LogP contribution in [0.2, 0.25) is 0 Å². The minimum Gasteiger partial charge on any atom is -0.299 e. The molecule has 2 nitrogen and oxygen atoms in total. The number of nitrogens with one attached hydrogen (secondary N) is 1. The second kappa shape index (κ2) is 6.37. The first-order chi connectivity index (χ1) is 8.43. The van der Waals surface area contributed by atoms with E-state index in [1.54, 1.807) is 0 Å². The van der Waals surface area contributed by atoms with Gasteiger partial charge in [-0.1, -0.05) is 51.0 Å². The first-order valence-electron chi connectivity index (χ1n) is 6.19. The molecule has 0 bridgehead atoms. The van der Waals surface area contributed by atoms with Crippen LogP contribution in [0.4, 0.5) is 0 Å². The molecule has 0 aliphatic heterocycles. The zero-order valence-corrected chi connectivity index (χ0v) is 11.4. The Morgan fingerprint density at radius 2 is 1.89 bits per heavy atom. The molecule has 0 aliphatic rings. The Morgan fingerprint density at radius 3 is 2.39 bits per heavy atom. The quantitative estimate of drug-likeness (QED) is 0.635. The molecule has 0 unspecified atom stereocenters. The molecular formula is C16H21NO. The highest BCUT2D eigenvalue weighted by Gasteiger charge is 2.13. The summed E-state index contributed by atoms with van der Waals surface area (Å²) in [5.41, 5.74) is 2.48. The lowest BCUT2D eigenvalue weighted by molar-refractivity contribution is -0.117. The summed E-state index contributed by atoms with van der Waals surface area (Å²) >= 11 is 0. The van der Waals surface area contributed by atoms with Crippen LogP contribution in [0.3, 0.4) is 0 Å². The van der Waals surface area contributed by atoms with Crippen LogP contribution in [-0.4, -0.2) is 18.9 Å². The van der Waals surface area contributed by atoms with Crippen molar-refractivity contribution in [3.8, 4) is 12.3 Å². The van der Waals surface area contributed by atoms with Gasteiger partial charge in [0.1, 0.15) is 0 Å². The maximum atomic E-state index is 11.6. The first kappa shape index (κ1) is 14.5. The zero-order valence-electron chi connectivity index (χ0n) is 11.4. The van der Waals surface area contributed by atoms with Crippen LogP contribution < -0.4 is 5.32 Å². The number of Topliss-reactive ketones (excluding diaryl/α,β-unsaturated/α-hetero) is 1. The van der Waals surface area contributed by atoms with Gasteiger partial charge in [-0.3, -0.25) is 10.1 Å². The van der Waals surface area contributed by atoms with Gasteiger partial charge in [-0.25, -0.2) is 0 Å². The number of hydrogen-bond donors (Lipinski definition) is 1. The van der Waals surface area contributed by atoms with Gasteiger partial charge in [0, 0.05) is 6.42 Å². The van der Waals surface area contributed by atoms with Crippen molar-refractivity contribution < 1.29 is 4.79 Å². The van der Waals surface area contributed by atoms with Gasteiger partial charge in [0.05, 0.1) is 13.1 Å². The Bertz CT molecular complexity index is 432. The number of carbonyl (C=O) groups excluding carboxylic acids is 1. The van der Waals surface area contributed by atoms with E-state index in [-0.39, 0.29) is 11.2 Å². The maximum Gasteiger partial charge on any atom is 0.150 e. The third kappa shape index (κ3) is 4.73. The number of rotatable bonds is 5. The Balaban J connectivity index is 2.54. The standard InChI is InChI=1S/C16H21NO/c1-5-10-17-12-15(18)11-13-6-8-14(9-7-13)16(2,3)4/h1,6-9,17H,10-12H2,2-4H3. The molecule has 1 aromatic rings. The van der Waals surface area contributed by atoms with Crippen molar-refractivity contribution in [2.45, 2.75) is 32.6 Å². The lowest BCUT2D eigenvalue weighted by Gasteiger charge is -2.19. The molecule has 1 N–H and O–H groups in total. The number of ketones is 1. The lowest BCUT2D eigenvalue weighted by atomic mass is 9.86. The molecule has 0 saturated carbocycles. The Morgan fingerprint density at radius 1 is 1.28 bits per heavy atom. The van der Waals surface area contributed by atoms with E-state index in [4.69, 9.17) is 6.42 Å². The molecule has 0 spiro atoms. The fraction of sp³-hybridized carbons (Fsp3) is 0.438. The van der Waals surface area contributed by atoms with Gasteiger partial charge in [-0.05, 0) is 16.5 Å². The van der Waals surface area contributed by atoms with Crippen molar-refractivity contribution in [3.05, 3.63) is 35.4 Å². The largest absolute Gasteiger partial charge is 0.299 e. The fourth-order valence-electron chi connectivity index (χ4n) is 1.69. The third-order valence-corrected chi connectivity index (χ3v) is 2.77. The molecule has 0 heterocycles. The zero-order chi connectivity index (χ0) is 13.6. The average molecular weight is 243 g/mol. The summed E-state index contributed by atoms with van der Waals surface area (Å²) in [5, 5.41) is 2.91. The van der Waals surface area contributed by atoms with Gasteiger partial charge in [-0.15, -0.1) is 6.42 Å². The summed E-state index contributed by atoms with van der Waals surface area (Å²) < 4.78 is 0. The van der Waals surface area contributed by atoms with Crippen molar-refractivity contribution in [1.29, 1.82) is 0 Å². The van der Waals surface area contributed by atoms with E-state index in [0.29, 0.717) is 19.5 Å². The molecule has 0 atom stereocenters. The van der Waals surface area contributed by atoms with Crippen LogP contribution in [-0.2, 0) is 16.6 Å². The van der Waals surface area contributed by atoms with Gasteiger partial charge < -0.3 is 0 Å². The summed E-state index contributed by atoms with van der Waals surface area (Å²) in [6, 6.07) is 8.24. The second-order valence-corrected chi connectivity index (χ2v) is 5.47.